The molecule has 0 fully saturated rings. The van der Waals surface area contributed by atoms with E-state index < -0.39 is 11.4 Å². The first-order chi connectivity index (χ1) is 1.73. The van der Waals surface area contributed by atoms with Gasteiger partial charge in [-0.05, 0) is 0 Å². The summed E-state index contributed by atoms with van der Waals surface area (Å²) in [4.78, 5) is 0. The van der Waals surface area contributed by atoms with Gasteiger partial charge in [0.1, 0.15) is 0 Å². The third kappa shape index (κ3) is 73.4. The summed E-state index contributed by atoms with van der Waals surface area (Å²) in [7, 11) is 0. The molecule has 0 unspecified atom stereocenters. The minimum Gasteiger partial charge on any atom is -0.784 e. The molecule has 6 heavy (non-hydrogen) atoms. The van der Waals surface area contributed by atoms with Crippen molar-refractivity contribution < 1.29 is 42.9 Å². The Hall–Kier alpha value is 1.07. The zero-order chi connectivity index (χ0) is 3.58. The summed E-state index contributed by atoms with van der Waals surface area (Å²) in [5, 5.41) is 0. The van der Waals surface area contributed by atoms with Crippen LogP contribution in [0.25, 0.3) is 0 Å². The second-order valence-electron chi connectivity index (χ2n) is 0.204. The van der Waals surface area contributed by atoms with Crippen LogP contribution in [0.15, 0.2) is 0 Å². The Bertz CT molecular complexity index is 33.8. The van der Waals surface area contributed by atoms with Crippen molar-refractivity contribution in [3.63, 3.8) is 0 Å². The summed E-state index contributed by atoms with van der Waals surface area (Å²) in [6.07, 6.45) is 0. The zero-order valence-electron chi connectivity index (χ0n) is 3.63. The molecule has 0 saturated heterocycles. The minimum absolute atomic E-state index is 0. The fourth-order valence-corrected chi connectivity index (χ4v) is 0. The van der Waals surface area contributed by atoms with Crippen LogP contribution in [-0.4, -0.2) is 13.3 Å². The van der Waals surface area contributed by atoms with Gasteiger partial charge in [-0.1, -0.05) is 0 Å². The van der Waals surface area contributed by atoms with Gasteiger partial charge in [-0.15, -0.1) is 11.4 Å². The van der Waals surface area contributed by atoms with E-state index in [0.717, 1.165) is 0 Å². The maximum absolute atomic E-state index is 8.44. The predicted octanol–water partition coefficient (Wildman–Crippen LogP) is -3.55. The molecule has 0 spiro atoms. The Balaban J connectivity index is -0.0000000450. The van der Waals surface area contributed by atoms with Crippen molar-refractivity contribution in [3.05, 3.63) is 7.43 Å². The van der Waals surface area contributed by atoms with Gasteiger partial charge in [0.15, 0.2) is 0 Å². The van der Waals surface area contributed by atoms with Gasteiger partial charge in [0.2, 0.25) is 0 Å². The van der Waals surface area contributed by atoms with Crippen molar-refractivity contribution in [2.45, 2.75) is 0 Å². The van der Waals surface area contributed by atoms with Gasteiger partial charge in [-0.25, -0.2) is 0 Å². The van der Waals surface area contributed by atoms with Crippen LogP contribution in [0.3, 0.4) is 0 Å². The van der Waals surface area contributed by atoms with E-state index >= 15 is 0 Å². The van der Waals surface area contributed by atoms with E-state index in [9.17, 15) is 0 Å². The first-order valence-corrected chi connectivity index (χ1v) is 1.50. The van der Waals surface area contributed by atoms with Gasteiger partial charge in [-0.2, -0.15) is 0 Å². The topological polar surface area (TPSA) is 63.2 Å². The van der Waals surface area contributed by atoms with Crippen LogP contribution in [0, 0.1) is 7.43 Å². The number of hydrogen-bond acceptors (Lipinski definition) is 3. The quantitative estimate of drug-likeness (QED) is 0.188. The van der Waals surface area contributed by atoms with Crippen LogP contribution < -0.4 is 29.6 Å². The fourth-order valence-electron chi connectivity index (χ4n) is 0. The molecule has 0 N–H and O–H groups in total. The molecule has 0 atom stereocenters. The normalized spacial score (nSPS) is 5.83. The van der Waals surface area contributed by atoms with Gasteiger partial charge in [0.05, 0.1) is 0 Å². The van der Waals surface area contributed by atoms with Crippen molar-refractivity contribution in [2.24, 2.45) is 0 Å². The van der Waals surface area contributed by atoms with Gasteiger partial charge in [0, 0.05) is 0 Å². The zero-order valence-corrected chi connectivity index (χ0v) is 6.45. The van der Waals surface area contributed by atoms with E-state index in [1.165, 1.54) is 0 Å². The fraction of sp³-hybridized carbons (Fsp3) is 0. The molecule has 0 bridgehead atoms. The largest absolute Gasteiger partial charge is 1.00 e. The molecule has 0 rings (SSSR count). The van der Waals surface area contributed by atoms with Crippen molar-refractivity contribution in [1.82, 2.24) is 0 Å². The molecule has 0 radical (unpaired) electrons. The van der Waals surface area contributed by atoms with Crippen LogP contribution in [-0.2, 0) is 11.4 Å². The summed E-state index contributed by atoms with van der Waals surface area (Å²) >= 11 is -3.11. The molecule has 0 aromatic heterocycles. The van der Waals surface area contributed by atoms with Crippen molar-refractivity contribution >= 4 is 11.4 Å². The monoisotopic (exact) mass is 118 g/mol. The van der Waals surface area contributed by atoms with Crippen molar-refractivity contribution in [1.29, 1.82) is 0 Å². The minimum atomic E-state index is -3.11. The predicted molar refractivity (Wildman–Crippen MR) is 16.1 cm³/mol. The number of rotatable bonds is 0. The Morgan fingerprint density at radius 3 is 1.33 bits per heavy atom. The average molecular weight is 118 g/mol. The van der Waals surface area contributed by atoms with E-state index in [-0.39, 0.29) is 37.0 Å². The molecule has 0 aliphatic rings. The van der Waals surface area contributed by atoms with E-state index in [1.807, 2.05) is 0 Å². The van der Waals surface area contributed by atoms with Crippen LogP contribution in [0.5, 0.6) is 0 Å². The molecule has 0 amide bonds. The van der Waals surface area contributed by atoms with Gasteiger partial charge < -0.3 is 16.5 Å². The number of hydrogen-bond donors (Lipinski definition) is 0. The molecular formula is CH3NaO3S-2. The molecule has 0 aromatic carbocycles. The van der Waals surface area contributed by atoms with Crippen molar-refractivity contribution in [2.75, 3.05) is 0 Å². The Morgan fingerprint density at radius 2 is 1.33 bits per heavy atom. The van der Waals surface area contributed by atoms with E-state index in [0.29, 0.717) is 0 Å². The summed E-state index contributed by atoms with van der Waals surface area (Å²) in [6.45, 7) is 0. The van der Waals surface area contributed by atoms with E-state index in [1.54, 1.807) is 0 Å². The maximum Gasteiger partial charge on any atom is 1.00 e. The Kier molecular flexibility index (Phi) is 24.7. The van der Waals surface area contributed by atoms with Crippen LogP contribution in [0.2, 0.25) is 0 Å². The van der Waals surface area contributed by atoms with E-state index in [2.05, 4.69) is 0 Å². The maximum atomic E-state index is 8.44. The smallest absolute Gasteiger partial charge is 0.784 e. The van der Waals surface area contributed by atoms with E-state index in [4.69, 9.17) is 13.3 Å². The molecule has 34 valence electrons. The second-order valence-corrected chi connectivity index (χ2v) is 0.612. The van der Waals surface area contributed by atoms with Crippen molar-refractivity contribution in [3.8, 4) is 0 Å². The summed E-state index contributed by atoms with van der Waals surface area (Å²) < 4.78 is 25.3. The van der Waals surface area contributed by atoms with Crippen LogP contribution >= 0.6 is 0 Å². The molecule has 3 nitrogen and oxygen atoms in total. The molecule has 0 aromatic rings. The Labute approximate surface area is 61.5 Å². The van der Waals surface area contributed by atoms with Gasteiger partial charge >= 0.3 is 29.6 Å². The summed E-state index contributed by atoms with van der Waals surface area (Å²) in [6, 6.07) is 0. The van der Waals surface area contributed by atoms with Gasteiger partial charge in [-0.3, -0.25) is 4.21 Å². The molecule has 5 heteroatoms. The molecule has 0 aliphatic heterocycles. The van der Waals surface area contributed by atoms with Crippen LogP contribution in [0.1, 0.15) is 0 Å². The third-order valence-corrected chi connectivity index (χ3v) is 0. The standard InChI is InChI=1S/CH3.Na.H2O3S/c;;1-4(2)3/h1H3;;(H2,1,2,3)/q-1;+1;/p-2. The molecule has 0 heterocycles. The average Bonchev–Trinajstić information content (AvgIpc) is 0.811. The Morgan fingerprint density at radius 1 is 1.33 bits per heavy atom. The molecular weight excluding hydrogens is 115 g/mol. The summed E-state index contributed by atoms with van der Waals surface area (Å²) in [5.74, 6) is 0. The summed E-state index contributed by atoms with van der Waals surface area (Å²) in [5.41, 5.74) is 0. The molecule has 0 saturated carbocycles. The third-order valence-electron chi connectivity index (χ3n) is 0. The van der Waals surface area contributed by atoms with Gasteiger partial charge in [0.25, 0.3) is 0 Å². The first-order valence-electron chi connectivity index (χ1n) is 0.500. The SMILES string of the molecule is O=S([O-])[O-].[CH3-].[Na+]. The van der Waals surface area contributed by atoms with Crippen LogP contribution in [0.4, 0.5) is 0 Å². The first kappa shape index (κ1) is 15.7. The molecule has 0 aliphatic carbocycles. The second kappa shape index (κ2) is 9.42.